The summed E-state index contributed by atoms with van der Waals surface area (Å²) < 4.78 is 5.39. The molecule has 2 heteroatoms. The second-order valence-corrected chi connectivity index (χ2v) is 4.43. The molecule has 13 heavy (non-hydrogen) atoms. The van der Waals surface area contributed by atoms with Crippen LogP contribution in [-0.2, 0) is 4.74 Å². The maximum absolute atomic E-state index is 5.39. The van der Waals surface area contributed by atoms with Gasteiger partial charge in [0.05, 0.1) is 6.10 Å². The molecular formula is C11H21NO. The van der Waals surface area contributed by atoms with Gasteiger partial charge in [0.15, 0.2) is 0 Å². The minimum absolute atomic E-state index is 0.516. The summed E-state index contributed by atoms with van der Waals surface area (Å²) in [7, 11) is 1.84. The number of likely N-dealkylation sites (tertiary alicyclic amines) is 1. The molecule has 1 atom stereocenters. The van der Waals surface area contributed by atoms with Crippen LogP contribution in [0, 0.1) is 0 Å². The first-order valence-corrected chi connectivity index (χ1v) is 5.67. The largest absolute Gasteiger partial charge is 0.380 e. The third-order valence-corrected chi connectivity index (χ3v) is 3.60. The molecule has 2 nitrogen and oxygen atoms in total. The van der Waals surface area contributed by atoms with Crippen molar-refractivity contribution in [3.05, 3.63) is 0 Å². The summed E-state index contributed by atoms with van der Waals surface area (Å²) in [5.41, 5.74) is 0. The Balaban J connectivity index is 1.80. The quantitative estimate of drug-likeness (QED) is 0.649. The summed E-state index contributed by atoms with van der Waals surface area (Å²) in [5.74, 6) is 0. The number of nitrogens with zero attached hydrogens (tertiary/aromatic N) is 1. The number of methoxy groups -OCH3 is 1. The molecule has 0 aromatic rings. The fourth-order valence-electron chi connectivity index (χ4n) is 2.72. The second-order valence-electron chi connectivity index (χ2n) is 4.43. The predicted molar refractivity (Wildman–Crippen MR) is 53.9 cm³/mol. The van der Waals surface area contributed by atoms with Crippen molar-refractivity contribution in [2.24, 2.45) is 0 Å². The molecule has 0 N–H and O–H groups in total. The maximum Gasteiger partial charge on any atom is 0.0710 e. The molecule has 1 aliphatic carbocycles. The van der Waals surface area contributed by atoms with Crippen molar-refractivity contribution in [1.29, 1.82) is 0 Å². The highest BCUT2D eigenvalue weighted by Gasteiger charge is 2.28. The van der Waals surface area contributed by atoms with Crippen molar-refractivity contribution < 1.29 is 4.74 Å². The van der Waals surface area contributed by atoms with Gasteiger partial charge in [0, 0.05) is 26.2 Å². The summed E-state index contributed by atoms with van der Waals surface area (Å²) in [5, 5.41) is 0. The van der Waals surface area contributed by atoms with Crippen LogP contribution in [0.5, 0.6) is 0 Å². The Kier molecular flexibility index (Phi) is 3.23. The molecule has 2 rings (SSSR count). The van der Waals surface area contributed by atoms with Crippen LogP contribution in [0.4, 0.5) is 0 Å². The van der Waals surface area contributed by atoms with Gasteiger partial charge in [-0.25, -0.2) is 0 Å². The Morgan fingerprint density at radius 3 is 2.46 bits per heavy atom. The lowest BCUT2D eigenvalue weighted by Gasteiger charge is -2.30. The van der Waals surface area contributed by atoms with E-state index in [1.165, 1.54) is 51.6 Å². The first-order chi connectivity index (χ1) is 6.40. The average molecular weight is 183 g/mol. The van der Waals surface area contributed by atoms with Gasteiger partial charge in [-0.2, -0.15) is 0 Å². The normalized spacial score (nSPS) is 32.5. The van der Waals surface area contributed by atoms with Gasteiger partial charge in [0.1, 0.15) is 0 Å². The van der Waals surface area contributed by atoms with Crippen molar-refractivity contribution in [3.8, 4) is 0 Å². The van der Waals surface area contributed by atoms with E-state index in [1.807, 2.05) is 7.11 Å². The highest BCUT2D eigenvalue weighted by molar-refractivity contribution is 4.83. The summed E-state index contributed by atoms with van der Waals surface area (Å²) in [6.07, 6.45) is 8.96. The summed E-state index contributed by atoms with van der Waals surface area (Å²) in [6.45, 7) is 2.45. The van der Waals surface area contributed by atoms with E-state index in [0.29, 0.717) is 6.10 Å². The molecule has 2 fully saturated rings. The van der Waals surface area contributed by atoms with E-state index in [-0.39, 0.29) is 0 Å². The molecule has 0 radical (unpaired) electrons. The van der Waals surface area contributed by atoms with Gasteiger partial charge in [-0.15, -0.1) is 0 Å². The fraction of sp³-hybridized carbons (Fsp3) is 1.00. The minimum atomic E-state index is 0.516. The van der Waals surface area contributed by atoms with E-state index >= 15 is 0 Å². The minimum Gasteiger partial charge on any atom is -0.380 e. The lowest BCUT2D eigenvalue weighted by molar-refractivity contribution is 0.0954. The van der Waals surface area contributed by atoms with E-state index in [2.05, 4.69) is 4.90 Å². The average Bonchev–Trinajstić information content (AvgIpc) is 2.67. The Morgan fingerprint density at radius 2 is 1.85 bits per heavy atom. The van der Waals surface area contributed by atoms with Crippen LogP contribution in [-0.4, -0.2) is 37.2 Å². The molecule has 2 aliphatic rings. The van der Waals surface area contributed by atoms with Crippen LogP contribution < -0.4 is 0 Å². The Labute approximate surface area is 81.3 Å². The van der Waals surface area contributed by atoms with Gasteiger partial charge >= 0.3 is 0 Å². The van der Waals surface area contributed by atoms with E-state index in [0.717, 1.165) is 6.04 Å². The summed E-state index contributed by atoms with van der Waals surface area (Å²) >= 11 is 0. The van der Waals surface area contributed by atoms with E-state index < -0.39 is 0 Å². The molecule has 1 heterocycles. The van der Waals surface area contributed by atoms with Crippen LogP contribution in [0.1, 0.15) is 38.5 Å². The first kappa shape index (κ1) is 9.47. The molecule has 1 unspecified atom stereocenters. The number of ether oxygens (including phenoxy) is 1. The van der Waals surface area contributed by atoms with Crippen LogP contribution >= 0.6 is 0 Å². The molecular weight excluding hydrogens is 162 g/mol. The lowest BCUT2D eigenvalue weighted by Crippen LogP contribution is -2.35. The molecule has 76 valence electrons. The van der Waals surface area contributed by atoms with Crippen molar-refractivity contribution in [2.45, 2.75) is 50.7 Å². The number of rotatable bonds is 2. The highest BCUT2D eigenvalue weighted by Crippen LogP contribution is 2.26. The van der Waals surface area contributed by atoms with Crippen molar-refractivity contribution in [2.75, 3.05) is 20.2 Å². The van der Waals surface area contributed by atoms with Gasteiger partial charge in [0.2, 0.25) is 0 Å². The summed E-state index contributed by atoms with van der Waals surface area (Å²) in [6, 6.07) is 0.883. The van der Waals surface area contributed by atoms with Crippen molar-refractivity contribution in [3.63, 3.8) is 0 Å². The predicted octanol–water partition coefficient (Wildman–Crippen LogP) is 2.04. The number of hydrogen-bond donors (Lipinski definition) is 0. The van der Waals surface area contributed by atoms with Crippen LogP contribution in [0.2, 0.25) is 0 Å². The van der Waals surface area contributed by atoms with E-state index in [4.69, 9.17) is 4.74 Å². The monoisotopic (exact) mass is 183 g/mol. The maximum atomic E-state index is 5.39. The van der Waals surface area contributed by atoms with Crippen LogP contribution in [0.3, 0.4) is 0 Å². The van der Waals surface area contributed by atoms with Gasteiger partial charge in [-0.3, -0.25) is 4.90 Å². The molecule has 1 saturated carbocycles. The van der Waals surface area contributed by atoms with Gasteiger partial charge in [-0.1, -0.05) is 19.3 Å². The van der Waals surface area contributed by atoms with Gasteiger partial charge in [0.25, 0.3) is 0 Å². The molecule has 1 saturated heterocycles. The highest BCUT2D eigenvalue weighted by atomic mass is 16.5. The SMILES string of the molecule is COC1CCN(C2CCCCC2)C1. The zero-order chi connectivity index (χ0) is 9.10. The van der Waals surface area contributed by atoms with E-state index in [9.17, 15) is 0 Å². The van der Waals surface area contributed by atoms with Crippen LogP contribution in [0.15, 0.2) is 0 Å². The zero-order valence-corrected chi connectivity index (χ0v) is 8.67. The van der Waals surface area contributed by atoms with E-state index in [1.54, 1.807) is 0 Å². The Hall–Kier alpha value is -0.0800. The lowest BCUT2D eigenvalue weighted by atomic mass is 9.94. The first-order valence-electron chi connectivity index (χ1n) is 5.67. The van der Waals surface area contributed by atoms with Gasteiger partial charge < -0.3 is 4.74 Å². The molecule has 0 aromatic carbocycles. The topological polar surface area (TPSA) is 12.5 Å². The smallest absolute Gasteiger partial charge is 0.0710 e. The molecule has 0 aromatic heterocycles. The third-order valence-electron chi connectivity index (χ3n) is 3.60. The standard InChI is InChI=1S/C11H21NO/c1-13-11-7-8-12(9-11)10-5-3-2-4-6-10/h10-11H,2-9H2,1H3. The molecule has 0 spiro atoms. The van der Waals surface area contributed by atoms with Gasteiger partial charge in [-0.05, 0) is 19.3 Å². The zero-order valence-electron chi connectivity index (χ0n) is 8.67. The third kappa shape index (κ3) is 2.23. The molecule has 1 aliphatic heterocycles. The Morgan fingerprint density at radius 1 is 1.08 bits per heavy atom. The number of hydrogen-bond acceptors (Lipinski definition) is 2. The second kappa shape index (κ2) is 4.43. The van der Waals surface area contributed by atoms with Crippen LogP contribution in [0.25, 0.3) is 0 Å². The molecule has 0 amide bonds. The summed E-state index contributed by atoms with van der Waals surface area (Å²) in [4.78, 5) is 2.65. The Bertz CT molecular complexity index is 154. The fourth-order valence-corrected chi connectivity index (χ4v) is 2.72. The van der Waals surface area contributed by atoms with Crippen molar-refractivity contribution in [1.82, 2.24) is 4.90 Å². The van der Waals surface area contributed by atoms with Crippen molar-refractivity contribution >= 4 is 0 Å². The molecule has 0 bridgehead atoms.